The van der Waals surface area contributed by atoms with E-state index in [2.05, 4.69) is 42.2 Å². The summed E-state index contributed by atoms with van der Waals surface area (Å²) in [5.41, 5.74) is 12.1. The van der Waals surface area contributed by atoms with Gasteiger partial charge in [0.05, 0.1) is 6.42 Å². The molecule has 1 saturated heterocycles. The van der Waals surface area contributed by atoms with Crippen LogP contribution in [0.25, 0.3) is 10.9 Å². The fourth-order valence-corrected chi connectivity index (χ4v) is 6.47. The number of hydrogen-bond acceptors (Lipinski definition) is 8. The van der Waals surface area contributed by atoms with Crippen LogP contribution in [0.5, 0.6) is 0 Å². The van der Waals surface area contributed by atoms with Gasteiger partial charge < -0.3 is 53.7 Å². The number of fused-ring (bicyclic) bond motifs is 1. The molecule has 0 radical (unpaired) electrons. The molecule has 0 spiro atoms. The molecule has 0 saturated carbocycles. The van der Waals surface area contributed by atoms with E-state index in [-0.39, 0.29) is 50.5 Å². The number of aromatic nitrogens is 1. The second-order valence-electron chi connectivity index (χ2n) is 15.5. The number of aromatic amines is 1. The quantitative estimate of drug-likeness (QED) is 0.120. The third kappa shape index (κ3) is 13.6. The minimum absolute atomic E-state index is 0.0309. The van der Waals surface area contributed by atoms with Crippen molar-refractivity contribution in [3.8, 4) is 0 Å². The SMILES string of the molecule is CC(C)C[C@@H]1NC(=O)[C@H](Cc2c[nH]c3ccccc23)NC(=O)[C@@H](CCCNC(N)=O)NC(=O)[C@H](CC(N)=O)NC(=O)[C@H](C(C)C)NC(=O)[C@@H](CC(C)C)NC1=O. The molecule has 18 nitrogen and oxygen atoms in total. The molecule has 1 aromatic carbocycles. The Morgan fingerprint density at radius 1 is 0.661 bits per heavy atom. The number of H-pyrrole nitrogens is 1. The molecule has 2 aromatic rings. The average Bonchev–Trinajstić information content (AvgIpc) is 3.51. The van der Waals surface area contributed by atoms with E-state index >= 15 is 0 Å². The molecule has 1 aliphatic rings. The summed E-state index contributed by atoms with van der Waals surface area (Å²) in [6.07, 6.45) is 1.47. The topological polar surface area (TPSA) is 289 Å². The molecule has 0 bridgehead atoms. The Kier molecular flexibility index (Phi) is 16.6. The monoisotopic (exact) mass is 782 g/mol. The molecular weight excluding hydrogens is 724 g/mol. The van der Waals surface area contributed by atoms with Crippen LogP contribution < -0.4 is 48.7 Å². The average molecular weight is 783 g/mol. The second-order valence-corrected chi connectivity index (χ2v) is 15.5. The van der Waals surface area contributed by atoms with Crippen molar-refractivity contribution in [1.29, 1.82) is 0 Å². The number of para-hydroxylation sites is 1. The summed E-state index contributed by atoms with van der Waals surface area (Å²) in [6, 6.07) is -1.09. The standard InChI is InChI=1S/C38H58N10O8/c1-19(2)14-26-33(51)45-27(15-20(3)4)36(54)48-31(21(5)6)37(55)47-29(17-30(39)49)35(53)43-25(12-9-13-41-38(40)56)32(50)46-28(34(52)44-26)16-22-18-42-24-11-8-7-10-23(22)24/h7-8,10-11,18-21,25-29,31,42H,9,12-17H2,1-6H3,(H2,39,49)(H,43,53)(H,44,52)(H,45,51)(H,46,50)(H,47,55)(H,48,54)(H3,40,41,56)/t25-,26+,27-,28+,29+,31+/m1/s1. The molecule has 1 aliphatic heterocycles. The van der Waals surface area contributed by atoms with E-state index in [0.29, 0.717) is 5.56 Å². The van der Waals surface area contributed by atoms with E-state index in [1.165, 1.54) is 0 Å². The summed E-state index contributed by atoms with van der Waals surface area (Å²) in [5.74, 6) is -6.15. The van der Waals surface area contributed by atoms with Crippen molar-refractivity contribution < 1.29 is 38.4 Å². The van der Waals surface area contributed by atoms with Crippen molar-refractivity contribution in [1.82, 2.24) is 42.2 Å². The zero-order chi connectivity index (χ0) is 41.7. The van der Waals surface area contributed by atoms with E-state index in [4.69, 9.17) is 11.5 Å². The lowest BCUT2D eigenvalue weighted by atomic mass is 9.97. The minimum Gasteiger partial charge on any atom is -0.370 e. The van der Waals surface area contributed by atoms with E-state index in [0.717, 1.165) is 10.9 Å². The predicted octanol–water partition coefficient (Wildman–Crippen LogP) is -0.295. The lowest BCUT2D eigenvalue weighted by Gasteiger charge is -2.30. The van der Waals surface area contributed by atoms with Crippen molar-refractivity contribution in [2.75, 3.05) is 6.54 Å². The lowest BCUT2D eigenvalue weighted by Crippen LogP contribution is -2.62. The Balaban J connectivity index is 2.15. The summed E-state index contributed by atoms with van der Waals surface area (Å²) in [4.78, 5) is 110. The normalized spacial score (nSPS) is 23.4. The maximum atomic E-state index is 14.3. The van der Waals surface area contributed by atoms with E-state index < -0.39 is 96.0 Å². The molecule has 2 heterocycles. The minimum atomic E-state index is -1.57. The second kappa shape index (κ2) is 20.8. The number of primary amides is 2. The molecule has 9 amide bonds. The summed E-state index contributed by atoms with van der Waals surface area (Å²) in [6.45, 7) is 10.8. The Morgan fingerprint density at radius 2 is 1.16 bits per heavy atom. The summed E-state index contributed by atoms with van der Waals surface area (Å²) in [5, 5.41) is 19.3. The number of amides is 9. The van der Waals surface area contributed by atoms with Crippen molar-refractivity contribution in [2.45, 2.75) is 116 Å². The maximum absolute atomic E-state index is 14.3. The molecule has 0 aliphatic carbocycles. The van der Waals surface area contributed by atoms with Gasteiger partial charge in [-0.3, -0.25) is 33.6 Å². The summed E-state index contributed by atoms with van der Waals surface area (Å²) in [7, 11) is 0. The highest BCUT2D eigenvalue weighted by atomic mass is 16.2. The van der Waals surface area contributed by atoms with Crippen LogP contribution in [0.2, 0.25) is 0 Å². The first-order valence-electron chi connectivity index (χ1n) is 19.0. The van der Waals surface area contributed by atoms with Gasteiger partial charge in [0.25, 0.3) is 0 Å². The Hall–Kier alpha value is -5.68. The van der Waals surface area contributed by atoms with Crippen molar-refractivity contribution in [3.63, 3.8) is 0 Å². The number of carbonyl (C=O) groups is 8. The molecule has 56 heavy (non-hydrogen) atoms. The third-order valence-electron chi connectivity index (χ3n) is 9.30. The van der Waals surface area contributed by atoms with Gasteiger partial charge in [-0.1, -0.05) is 59.7 Å². The van der Waals surface area contributed by atoms with Crippen LogP contribution >= 0.6 is 0 Å². The first kappa shape index (κ1) is 44.7. The van der Waals surface area contributed by atoms with Crippen LogP contribution in [0.3, 0.4) is 0 Å². The first-order chi connectivity index (χ1) is 26.4. The van der Waals surface area contributed by atoms with Gasteiger partial charge in [0.15, 0.2) is 0 Å². The molecule has 0 unspecified atom stereocenters. The summed E-state index contributed by atoms with van der Waals surface area (Å²) < 4.78 is 0. The zero-order valence-corrected chi connectivity index (χ0v) is 33.0. The van der Waals surface area contributed by atoms with Crippen LogP contribution in [-0.2, 0) is 40.0 Å². The summed E-state index contributed by atoms with van der Waals surface area (Å²) >= 11 is 0. The van der Waals surface area contributed by atoms with E-state index in [1.807, 2.05) is 52.0 Å². The van der Waals surface area contributed by atoms with Crippen molar-refractivity contribution >= 4 is 58.3 Å². The Morgan fingerprint density at radius 3 is 1.73 bits per heavy atom. The predicted molar refractivity (Wildman–Crippen MR) is 208 cm³/mol. The van der Waals surface area contributed by atoms with Gasteiger partial charge in [0.2, 0.25) is 41.4 Å². The number of hydrogen-bond donors (Lipinski definition) is 10. The highest BCUT2D eigenvalue weighted by Gasteiger charge is 2.36. The van der Waals surface area contributed by atoms with Gasteiger partial charge in [-0.2, -0.15) is 0 Å². The molecule has 3 rings (SSSR count). The Bertz CT molecular complexity index is 1740. The molecule has 12 N–H and O–H groups in total. The molecule has 308 valence electrons. The number of rotatable bonds is 13. The van der Waals surface area contributed by atoms with Gasteiger partial charge in [0.1, 0.15) is 36.3 Å². The number of benzene rings is 1. The van der Waals surface area contributed by atoms with E-state index in [9.17, 15) is 38.4 Å². The molecule has 18 heteroatoms. The fourth-order valence-electron chi connectivity index (χ4n) is 6.47. The molecule has 1 aromatic heterocycles. The number of nitrogens with one attached hydrogen (secondary N) is 8. The van der Waals surface area contributed by atoms with Gasteiger partial charge in [-0.05, 0) is 55.1 Å². The lowest BCUT2D eigenvalue weighted by molar-refractivity contribution is -0.137. The van der Waals surface area contributed by atoms with Crippen LogP contribution in [0.15, 0.2) is 30.5 Å². The van der Waals surface area contributed by atoms with Gasteiger partial charge >= 0.3 is 6.03 Å². The van der Waals surface area contributed by atoms with Crippen LogP contribution in [-0.4, -0.2) is 95.2 Å². The van der Waals surface area contributed by atoms with E-state index in [1.54, 1.807) is 20.0 Å². The van der Waals surface area contributed by atoms with Crippen molar-refractivity contribution in [3.05, 3.63) is 36.0 Å². The maximum Gasteiger partial charge on any atom is 0.312 e. The van der Waals surface area contributed by atoms with Crippen molar-refractivity contribution in [2.24, 2.45) is 29.2 Å². The Labute approximate surface area is 326 Å². The molecule has 6 atom stereocenters. The van der Waals surface area contributed by atoms with Crippen LogP contribution in [0.4, 0.5) is 4.79 Å². The largest absolute Gasteiger partial charge is 0.370 e. The van der Waals surface area contributed by atoms with Gasteiger partial charge in [-0.15, -0.1) is 0 Å². The highest BCUT2D eigenvalue weighted by Crippen LogP contribution is 2.20. The molecule has 1 fully saturated rings. The highest BCUT2D eigenvalue weighted by molar-refractivity contribution is 5.99. The zero-order valence-electron chi connectivity index (χ0n) is 33.0. The smallest absolute Gasteiger partial charge is 0.312 e. The number of urea groups is 1. The van der Waals surface area contributed by atoms with Crippen LogP contribution in [0, 0.1) is 17.8 Å². The van der Waals surface area contributed by atoms with Gasteiger partial charge in [0, 0.05) is 30.1 Å². The number of carbonyl (C=O) groups excluding carboxylic acids is 8. The number of nitrogens with two attached hydrogens (primary N) is 2. The van der Waals surface area contributed by atoms with Gasteiger partial charge in [-0.25, -0.2) is 4.79 Å². The first-order valence-corrected chi connectivity index (χ1v) is 19.0. The fraction of sp³-hybridized carbons (Fsp3) is 0.579. The molecular formula is C38H58N10O8. The van der Waals surface area contributed by atoms with Crippen LogP contribution in [0.1, 0.15) is 79.2 Å². The third-order valence-corrected chi connectivity index (χ3v) is 9.30.